The number of aromatic nitrogens is 2. The summed E-state index contributed by atoms with van der Waals surface area (Å²) >= 11 is 0. The first-order valence-electron chi connectivity index (χ1n) is 25.6. The minimum Gasteiger partial charge on any atom is -0.310 e. The number of nitrogens with zero attached hydrogens (tertiary/aromatic N) is 4. The van der Waals surface area contributed by atoms with Crippen LogP contribution < -0.4 is 9.80 Å². The average Bonchev–Trinajstić information content (AvgIpc) is 4.00. The van der Waals surface area contributed by atoms with Crippen LogP contribution in [0.25, 0.3) is 77.2 Å². The van der Waals surface area contributed by atoms with Crippen molar-refractivity contribution in [3.05, 3.63) is 277 Å². The molecule has 2 aromatic heterocycles. The molecule has 0 atom stereocenters. The van der Waals surface area contributed by atoms with Gasteiger partial charge < -0.3 is 18.9 Å². The molecule has 4 heteroatoms. The molecule has 2 heterocycles. The second-order valence-electron chi connectivity index (χ2n) is 19.8. The highest BCUT2D eigenvalue weighted by molar-refractivity contribution is 6.12. The molecule has 0 aliphatic carbocycles. The van der Waals surface area contributed by atoms with E-state index >= 15 is 0 Å². The molecule has 4 nitrogen and oxygen atoms in total. The molecular formula is C70H54N4. The van der Waals surface area contributed by atoms with Crippen molar-refractivity contribution >= 4 is 77.7 Å². The maximum atomic E-state index is 2.39. The summed E-state index contributed by atoms with van der Waals surface area (Å²) in [7, 11) is 0. The fourth-order valence-electron chi connectivity index (χ4n) is 10.9. The van der Waals surface area contributed by atoms with Gasteiger partial charge in [-0.2, -0.15) is 0 Å². The van der Waals surface area contributed by atoms with Gasteiger partial charge in [-0.15, -0.1) is 0 Å². The number of hydrogen-bond donors (Lipinski definition) is 0. The van der Waals surface area contributed by atoms with Crippen LogP contribution in [0.15, 0.2) is 255 Å². The van der Waals surface area contributed by atoms with Gasteiger partial charge in [-0.3, -0.25) is 0 Å². The normalized spacial score (nSPS) is 11.5. The molecule has 0 aliphatic rings. The van der Waals surface area contributed by atoms with Crippen molar-refractivity contribution in [2.75, 3.05) is 9.80 Å². The highest BCUT2D eigenvalue weighted by atomic mass is 15.1. The van der Waals surface area contributed by atoms with E-state index in [4.69, 9.17) is 0 Å². The summed E-state index contributed by atoms with van der Waals surface area (Å²) in [5.74, 6) is 0. The molecular weight excluding hydrogens is 897 g/mol. The van der Waals surface area contributed by atoms with Crippen LogP contribution in [-0.4, -0.2) is 9.13 Å². The molecule has 13 aromatic rings. The van der Waals surface area contributed by atoms with Crippen LogP contribution >= 0.6 is 0 Å². The van der Waals surface area contributed by atoms with Gasteiger partial charge in [0.2, 0.25) is 0 Å². The average molecular weight is 951 g/mol. The van der Waals surface area contributed by atoms with Crippen molar-refractivity contribution in [3.8, 4) is 33.6 Å². The maximum Gasteiger partial charge on any atom is 0.0542 e. The largest absolute Gasteiger partial charge is 0.310 e. The summed E-state index contributed by atoms with van der Waals surface area (Å²) < 4.78 is 4.77. The van der Waals surface area contributed by atoms with Gasteiger partial charge in [0.15, 0.2) is 0 Å². The van der Waals surface area contributed by atoms with E-state index in [0.717, 1.165) is 67.8 Å². The number of aryl methyl sites for hydroxylation is 4. The van der Waals surface area contributed by atoms with E-state index in [-0.39, 0.29) is 0 Å². The predicted octanol–water partition coefficient (Wildman–Crippen LogP) is 19.4. The number of anilines is 6. The predicted molar refractivity (Wildman–Crippen MR) is 314 cm³/mol. The molecule has 0 radical (unpaired) electrons. The van der Waals surface area contributed by atoms with E-state index in [2.05, 4.69) is 301 Å². The van der Waals surface area contributed by atoms with Crippen LogP contribution in [0, 0.1) is 27.7 Å². The number of fused-ring (bicyclic) bond motifs is 6. The van der Waals surface area contributed by atoms with Crippen LogP contribution in [0.5, 0.6) is 0 Å². The highest BCUT2D eigenvalue weighted by Gasteiger charge is 2.20. The lowest BCUT2D eigenvalue weighted by molar-refractivity contribution is 1.17. The lowest BCUT2D eigenvalue weighted by Crippen LogP contribution is -2.10. The first-order chi connectivity index (χ1) is 36.3. The lowest BCUT2D eigenvalue weighted by atomic mass is 9.98. The topological polar surface area (TPSA) is 16.3 Å². The SMILES string of the molecule is Cc1ccc(N(c2ccc(-c3cccc(-c4cccc(N(c5ccc(C)cc5)c5ccc6c(c5)c5ccccc5n6-c5ccc(C)cc5)c4)c3)cc2)c2ccc3c(c2)c2ccccc2n3-c2ccc(C)cc2)cc1. The lowest BCUT2D eigenvalue weighted by Gasteiger charge is -2.26. The second-order valence-corrected chi connectivity index (χ2v) is 19.8. The molecule has 0 unspecified atom stereocenters. The standard InChI is InChI=1S/C70H54N4/c1-47-19-29-55(30-20-47)71(61-39-41-69-65(45-61)63-15-5-7-17-67(63)73(69)58-33-23-49(3)24-34-58)57-37-27-51(28-38-57)52-11-9-12-53(43-52)54-13-10-14-60(44-54)72(56-31-21-48(2)22-32-56)62-40-42-70-66(46-62)64-16-6-8-18-68(64)74(70)59-35-25-50(4)26-36-59/h5-46H,1-4H3. The molecule has 11 aromatic carbocycles. The minimum atomic E-state index is 1.09. The molecule has 0 saturated carbocycles. The zero-order valence-electron chi connectivity index (χ0n) is 42.0. The van der Waals surface area contributed by atoms with E-state index in [0.29, 0.717) is 0 Å². The first-order valence-corrected chi connectivity index (χ1v) is 25.6. The van der Waals surface area contributed by atoms with E-state index in [9.17, 15) is 0 Å². The molecule has 0 spiro atoms. The van der Waals surface area contributed by atoms with Gasteiger partial charge >= 0.3 is 0 Å². The first kappa shape index (κ1) is 44.6. The molecule has 0 bridgehead atoms. The van der Waals surface area contributed by atoms with Crippen molar-refractivity contribution in [3.63, 3.8) is 0 Å². The van der Waals surface area contributed by atoms with Gasteiger partial charge in [0, 0.05) is 67.0 Å². The summed E-state index contributed by atoms with van der Waals surface area (Å²) in [6.45, 7) is 8.57. The maximum absolute atomic E-state index is 2.39. The second kappa shape index (κ2) is 18.3. The van der Waals surface area contributed by atoms with Gasteiger partial charge in [0.25, 0.3) is 0 Å². The van der Waals surface area contributed by atoms with Gasteiger partial charge in [0.05, 0.1) is 22.1 Å². The van der Waals surface area contributed by atoms with Gasteiger partial charge in [0.1, 0.15) is 0 Å². The van der Waals surface area contributed by atoms with Crippen molar-refractivity contribution in [1.29, 1.82) is 0 Å². The number of para-hydroxylation sites is 2. The quantitative estimate of drug-likeness (QED) is 0.136. The number of benzene rings is 11. The highest BCUT2D eigenvalue weighted by Crippen LogP contribution is 2.43. The Morgan fingerprint density at radius 2 is 0.568 bits per heavy atom. The Hall–Kier alpha value is -9.38. The summed E-state index contributed by atoms with van der Waals surface area (Å²) in [4.78, 5) is 4.77. The summed E-state index contributed by atoms with van der Waals surface area (Å²) in [6, 6.07) is 93.7. The summed E-state index contributed by atoms with van der Waals surface area (Å²) in [5, 5.41) is 4.90. The Balaban J connectivity index is 0.856. The zero-order chi connectivity index (χ0) is 49.9. The van der Waals surface area contributed by atoms with Crippen molar-refractivity contribution in [2.24, 2.45) is 0 Å². The Morgan fingerprint density at radius 3 is 1.04 bits per heavy atom. The van der Waals surface area contributed by atoms with E-state index < -0.39 is 0 Å². The monoisotopic (exact) mass is 950 g/mol. The number of rotatable bonds is 10. The molecule has 0 saturated heterocycles. The van der Waals surface area contributed by atoms with Gasteiger partial charge in [-0.1, -0.05) is 150 Å². The van der Waals surface area contributed by atoms with Gasteiger partial charge in [-0.25, -0.2) is 0 Å². The molecule has 13 rings (SSSR count). The van der Waals surface area contributed by atoms with Gasteiger partial charge in [-0.05, 0) is 177 Å². The van der Waals surface area contributed by atoms with Crippen LogP contribution in [0.1, 0.15) is 22.3 Å². The molecule has 74 heavy (non-hydrogen) atoms. The van der Waals surface area contributed by atoms with E-state index in [1.165, 1.54) is 65.9 Å². The van der Waals surface area contributed by atoms with Crippen molar-refractivity contribution < 1.29 is 0 Å². The minimum absolute atomic E-state index is 1.09. The third-order valence-electron chi connectivity index (χ3n) is 14.8. The zero-order valence-corrected chi connectivity index (χ0v) is 42.0. The van der Waals surface area contributed by atoms with Crippen molar-refractivity contribution in [2.45, 2.75) is 27.7 Å². The Kier molecular flexibility index (Phi) is 11.0. The molecule has 354 valence electrons. The van der Waals surface area contributed by atoms with Crippen LogP contribution in [0.4, 0.5) is 34.1 Å². The Labute approximate surface area is 432 Å². The third-order valence-corrected chi connectivity index (χ3v) is 14.8. The molecule has 0 amide bonds. The summed E-state index contributed by atoms with van der Waals surface area (Å²) in [5.41, 5.74) is 23.3. The molecule has 0 fully saturated rings. The van der Waals surface area contributed by atoms with Crippen LogP contribution in [0.3, 0.4) is 0 Å². The molecule has 0 N–H and O–H groups in total. The van der Waals surface area contributed by atoms with E-state index in [1.807, 2.05) is 0 Å². The Morgan fingerprint density at radius 1 is 0.230 bits per heavy atom. The number of hydrogen-bond acceptors (Lipinski definition) is 2. The van der Waals surface area contributed by atoms with E-state index in [1.54, 1.807) is 0 Å². The fourth-order valence-corrected chi connectivity index (χ4v) is 10.9. The smallest absolute Gasteiger partial charge is 0.0542 e. The fraction of sp³-hybridized carbons (Fsp3) is 0.0571. The van der Waals surface area contributed by atoms with Crippen LogP contribution in [0.2, 0.25) is 0 Å². The van der Waals surface area contributed by atoms with Crippen LogP contribution in [-0.2, 0) is 0 Å². The van der Waals surface area contributed by atoms with Crippen molar-refractivity contribution in [1.82, 2.24) is 9.13 Å². The summed E-state index contributed by atoms with van der Waals surface area (Å²) in [6.07, 6.45) is 0. The Bertz CT molecular complexity index is 4200. The third kappa shape index (κ3) is 7.98. The molecule has 0 aliphatic heterocycles.